The summed E-state index contributed by atoms with van der Waals surface area (Å²) in [5.74, 6) is 0. The Bertz CT molecular complexity index is 564. The second-order valence-corrected chi connectivity index (χ2v) is 7.35. The van der Waals surface area contributed by atoms with Gasteiger partial charge in [-0.3, -0.25) is 4.90 Å². The highest BCUT2D eigenvalue weighted by atomic mass is 32.1. The quantitative estimate of drug-likeness (QED) is 0.927. The molecule has 1 aliphatic rings. The molecule has 112 valence electrons. The van der Waals surface area contributed by atoms with Crippen molar-refractivity contribution in [1.82, 2.24) is 10.2 Å². The number of thiophene rings is 1. The molecule has 1 saturated heterocycles. The summed E-state index contributed by atoms with van der Waals surface area (Å²) in [6.07, 6.45) is 1.17. The van der Waals surface area contributed by atoms with Crippen LogP contribution in [0.15, 0.2) is 42.5 Å². The fourth-order valence-corrected chi connectivity index (χ4v) is 4.11. The summed E-state index contributed by atoms with van der Waals surface area (Å²) in [7, 11) is 0. The standard InChI is InChI=1S/C18H24N2S/c1-14(12-17-9-8-15(2)21-17)20-11-10-19-18(13-20)16-6-4-3-5-7-16/h3-9,14,18-19H,10-13H2,1-2H3. The van der Waals surface area contributed by atoms with Crippen LogP contribution in [-0.2, 0) is 6.42 Å². The van der Waals surface area contributed by atoms with Gasteiger partial charge in [0.25, 0.3) is 0 Å². The number of piperazine rings is 1. The van der Waals surface area contributed by atoms with E-state index >= 15 is 0 Å². The van der Waals surface area contributed by atoms with Crippen molar-refractivity contribution in [1.29, 1.82) is 0 Å². The maximum Gasteiger partial charge on any atom is 0.0449 e. The summed E-state index contributed by atoms with van der Waals surface area (Å²) >= 11 is 1.93. The van der Waals surface area contributed by atoms with Gasteiger partial charge in [0.1, 0.15) is 0 Å². The minimum Gasteiger partial charge on any atom is -0.308 e. The Morgan fingerprint density at radius 3 is 2.76 bits per heavy atom. The molecule has 1 N–H and O–H groups in total. The predicted octanol–water partition coefficient (Wildman–Crippen LogP) is 3.63. The predicted molar refractivity (Wildman–Crippen MR) is 91.0 cm³/mol. The molecule has 0 spiro atoms. The third-order valence-electron chi connectivity index (χ3n) is 4.32. The Hall–Kier alpha value is -1.16. The third-order valence-corrected chi connectivity index (χ3v) is 5.35. The van der Waals surface area contributed by atoms with E-state index in [-0.39, 0.29) is 0 Å². The van der Waals surface area contributed by atoms with Crippen molar-refractivity contribution < 1.29 is 0 Å². The number of hydrogen-bond donors (Lipinski definition) is 1. The van der Waals surface area contributed by atoms with Crippen molar-refractivity contribution in [3.8, 4) is 0 Å². The zero-order valence-corrected chi connectivity index (χ0v) is 13.7. The molecule has 1 aliphatic heterocycles. The number of benzene rings is 1. The fraction of sp³-hybridized carbons (Fsp3) is 0.444. The average molecular weight is 300 g/mol. The highest BCUT2D eigenvalue weighted by molar-refractivity contribution is 7.11. The van der Waals surface area contributed by atoms with Crippen molar-refractivity contribution in [2.45, 2.75) is 32.4 Å². The summed E-state index contributed by atoms with van der Waals surface area (Å²) < 4.78 is 0. The Morgan fingerprint density at radius 1 is 1.24 bits per heavy atom. The van der Waals surface area contributed by atoms with Crippen molar-refractivity contribution in [2.75, 3.05) is 19.6 Å². The molecular formula is C18H24N2S. The summed E-state index contributed by atoms with van der Waals surface area (Å²) in [6.45, 7) is 7.88. The molecule has 21 heavy (non-hydrogen) atoms. The number of nitrogens with zero attached hydrogens (tertiary/aromatic N) is 1. The molecule has 0 aliphatic carbocycles. The lowest BCUT2D eigenvalue weighted by Crippen LogP contribution is -2.49. The smallest absolute Gasteiger partial charge is 0.0449 e. The van der Waals surface area contributed by atoms with Crippen molar-refractivity contribution >= 4 is 11.3 Å². The lowest BCUT2D eigenvalue weighted by Gasteiger charge is -2.37. The summed E-state index contributed by atoms with van der Waals surface area (Å²) in [5, 5.41) is 3.65. The monoisotopic (exact) mass is 300 g/mol. The van der Waals surface area contributed by atoms with Gasteiger partial charge in [-0.1, -0.05) is 30.3 Å². The van der Waals surface area contributed by atoms with E-state index in [1.165, 1.54) is 21.7 Å². The normalized spacial score (nSPS) is 21.3. The second kappa shape index (κ2) is 6.73. The molecule has 2 atom stereocenters. The molecule has 0 saturated carbocycles. The maximum atomic E-state index is 3.65. The molecule has 0 bridgehead atoms. The van der Waals surface area contributed by atoms with Crippen LogP contribution in [0.3, 0.4) is 0 Å². The largest absolute Gasteiger partial charge is 0.308 e. The van der Waals surface area contributed by atoms with E-state index in [2.05, 4.69) is 66.5 Å². The first-order valence-corrected chi connectivity index (χ1v) is 8.62. The third kappa shape index (κ3) is 3.73. The van der Waals surface area contributed by atoms with Crippen molar-refractivity contribution in [3.05, 3.63) is 57.8 Å². The van der Waals surface area contributed by atoms with E-state index in [9.17, 15) is 0 Å². The molecule has 2 unspecified atom stereocenters. The van der Waals surface area contributed by atoms with Crippen LogP contribution in [-0.4, -0.2) is 30.6 Å². The topological polar surface area (TPSA) is 15.3 Å². The van der Waals surface area contributed by atoms with Crippen LogP contribution in [0, 0.1) is 6.92 Å². The van der Waals surface area contributed by atoms with Gasteiger partial charge in [0.15, 0.2) is 0 Å². The van der Waals surface area contributed by atoms with Crippen molar-refractivity contribution in [2.24, 2.45) is 0 Å². The summed E-state index contributed by atoms with van der Waals surface area (Å²) in [5.41, 5.74) is 1.40. The van der Waals surface area contributed by atoms with E-state index in [0.717, 1.165) is 19.6 Å². The Kier molecular flexibility index (Phi) is 4.73. The van der Waals surface area contributed by atoms with Gasteiger partial charge >= 0.3 is 0 Å². The molecule has 0 amide bonds. The van der Waals surface area contributed by atoms with Gasteiger partial charge in [0.05, 0.1) is 0 Å². The SMILES string of the molecule is Cc1ccc(CC(C)N2CCNC(c3ccccc3)C2)s1. The van der Waals surface area contributed by atoms with Crippen LogP contribution >= 0.6 is 11.3 Å². The Labute approximate surface area is 131 Å². The van der Waals surface area contributed by atoms with E-state index in [1.807, 2.05) is 11.3 Å². The highest BCUT2D eigenvalue weighted by Crippen LogP contribution is 2.22. The number of aryl methyl sites for hydroxylation is 1. The molecule has 3 rings (SSSR count). The highest BCUT2D eigenvalue weighted by Gasteiger charge is 2.24. The van der Waals surface area contributed by atoms with Crippen LogP contribution in [0.1, 0.15) is 28.3 Å². The Morgan fingerprint density at radius 2 is 2.05 bits per heavy atom. The molecule has 2 nitrogen and oxygen atoms in total. The van der Waals surface area contributed by atoms with Gasteiger partial charge < -0.3 is 5.32 Å². The van der Waals surface area contributed by atoms with Gasteiger partial charge in [-0.15, -0.1) is 11.3 Å². The van der Waals surface area contributed by atoms with Crippen LogP contribution in [0.2, 0.25) is 0 Å². The van der Waals surface area contributed by atoms with Crippen LogP contribution in [0.5, 0.6) is 0 Å². The van der Waals surface area contributed by atoms with E-state index in [4.69, 9.17) is 0 Å². The molecule has 2 aromatic rings. The van der Waals surface area contributed by atoms with Gasteiger partial charge in [-0.2, -0.15) is 0 Å². The van der Waals surface area contributed by atoms with Gasteiger partial charge in [-0.05, 0) is 38.0 Å². The number of rotatable bonds is 4. The molecule has 1 aromatic heterocycles. The molecule has 2 heterocycles. The van der Waals surface area contributed by atoms with Crippen LogP contribution < -0.4 is 5.32 Å². The van der Waals surface area contributed by atoms with Gasteiger partial charge in [0.2, 0.25) is 0 Å². The zero-order chi connectivity index (χ0) is 14.7. The Balaban J connectivity index is 1.62. The molecule has 0 radical (unpaired) electrons. The maximum absolute atomic E-state index is 3.65. The van der Waals surface area contributed by atoms with E-state index < -0.39 is 0 Å². The lowest BCUT2D eigenvalue weighted by atomic mass is 10.0. The van der Waals surface area contributed by atoms with Crippen LogP contribution in [0.25, 0.3) is 0 Å². The first-order valence-electron chi connectivity index (χ1n) is 7.80. The van der Waals surface area contributed by atoms with Gasteiger partial charge in [0, 0.05) is 41.5 Å². The first kappa shape index (κ1) is 14.8. The summed E-state index contributed by atoms with van der Waals surface area (Å²) in [4.78, 5) is 5.55. The molecule has 1 fully saturated rings. The lowest BCUT2D eigenvalue weighted by molar-refractivity contribution is 0.152. The zero-order valence-electron chi connectivity index (χ0n) is 12.9. The molecule has 3 heteroatoms. The first-order chi connectivity index (χ1) is 10.2. The summed E-state index contributed by atoms with van der Waals surface area (Å²) in [6, 6.07) is 16.4. The average Bonchev–Trinajstić information content (AvgIpc) is 2.93. The minimum atomic E-state index is 0.465. The van der Waals surface area contributed by atoms with Crippen LogP contribution in [0.4, 0.5) is 0 Å². The molecular weight excluding hydrogens is 276 g/mol. The van der Waals surface area contributed by atoms with Gasteiger partial charge in [-0.25, -0.2) is 0 Å². The second-order valence-electron chi connectivity index (χ2n) is 5.98. The van der Waals surface area contributed by atoms with E-state index in [0.29, 0.717) is 12.1 Å². The minimum absolute atomic E-state index is 0.465. The number of nitrogens with one attached hydrogen (secondary N) is 1. The molecule has 1 aromatic carbocycles. The fourth-order valence-electron chi connectivity index (χ4n) is 3.10. The van der Waals surface area contributed by atoms with Crippen molar-refractivity contribution in [3.63, 3.8) is 0 Å². The number of hydrogen-bond acceptors (Lipinski definition) is 3. The van der Waals surface area contributed by atoms with E-state index in [1.54, 1.807) is 0 Å².